The Balaban J connectivity index is 0.000000298. The minimum absolute atomic E-state index is 0.257. The molecule has 2 aliphatic heterocycles. The maximum absolute atomic E-state index is 11.8. The van der Waals surface area contributed by atoms with Crippen molar-refractivity contribution in [2.45, 2.75) is 41.9 Å². The molecule has 0 bridgehead atoms. The molecule has 210 valence electrons. The first kappa shape index (κ1) is 35.1. The number of carbonyl (C=O) groups is 2. The molecule has 2 saturated heterocycles. The Morgan fingerprint density at radius 1 is 1.05 bits per heavy atom. The van der Waals surface area contributed by atoms with E-state index in [0.29, 0.717) is 39.6 Å². The van der Waals surface area contributed by atoms with Gasteiger partial charge in [0, 0.05) is 74.8 Å². The van der Waals surface area contributed by atoms with Gasteiger partial charge in [0.05, 0.1) is 6.42 Å². The summed E-state index contributed by atoms with van der Waals surface area (Å²) in [7, 11) is 0. The number of carbonyl (C=O) groups excluding carboxylic acids is 2. The second-order valence-corrected chi connectivity index (χ2v) is 11.9. The molecule has 0 unspecified atom stereocenters. The standard InChI is InChI=1S/C13H17ClN2OS.C6H6ClNS.C4H8N.C3H4BrClO/c14-10-3-4-12(11(15)9-10)18-8-5-13(17)16-6-1-2-7-16;7-4-1-2-6(9)5(8)3-4;1-2-4-5-3-1;4-2-1-3(5)6/h3-4,9H,1-2,5-8,15H2;1-3,9H,8H2;1,5H,2-4H2;1-2H2/q;;+1;. The van der Waals surface area contributed by atoms with E-state index in [0.717, 1.165) is 48.0 Å². The minimum Gasteiger partial charge on any atom is -0.398 e. The first-order chi connectivity index (χ1) is 18.1. The number of thioether (sulfide) groups is 1. The molecule has 0 saturated carbocycles. The number of nitrogen functional groups attached to an aromatic ring is 2. The Kier molecular flexibility index (Phi) is 19.3. The molecular formula is C26H35BrCl3N4O2S2+. The lowest BCUT2D eigenvalue weighted by Gasteiger charge is -2.14. The van der Waals surface area contributed by atoms with Crippen LogP contribution in [0.1, 0.15) is 32.1 Å². The maximum Gasteiger partial charge on any atom is 0.223 e. The van der Waals surface area contributed by atoms with Crippen LogP contribution in [0.2, 0.25) is 10.0 Å². The molecule has 2 aromatic carbocycles. The lowest BCUT2D eigenvalue weighted by Crippen LogP contribution is -2.27. The number of nitrogens with one attached hydrogen (secondary N) is 1. The van der Waals surface area contributed by atoms with Crippen LogP contribution in [-0.4, -0.2) is 53.3 Å². The van der Waals surface area contributed by atoms with Gasteiger partial charge in [0.15, 0.2) is 0 Å². The van der Waals surface area contributed by atoms with Gasteiger partial charge in [-0.15, -0.1) is 24.4 Å². The van der Waals surface area contributed by atoms with Gasteiger partial charge in [0.2, 0.25) is 11.1 Å². The van der Waals surface area contributed by atoms with E-state index < -0.39 is 0 Å². The quantitative estimate of drug-likeness (QED) is 0.0656. The van der Waals surface area contributed by atoms with Crippen molar-refractivity contribution in [3.8, 4) is 0 Å². The van der Waals surface area contributed by atoms with Crippen LogP contribution in [0.15, 0.2) is 46.2 Å². The molecule has 4 rings (SSSR count). The summed E-state index contributed by atoms with van der Waals surface area (Å²) < 4.78 is 0. The van der Waals surface area contributed by atoms with Gasteiger partial charge >= 0.3 is 0 Å². The number of benzene rings is 2. The van der Waals surface area contributed by atoms with Gasteiger partial charge in [-0.25, -0.2) is 0 Å². The molecule has 0 atom stereocenters. The number of nitrogens with two attached hydrogens (primary N) is 2. The van der Waals surface area contributed by atoms with E-state index in [1.165, 1.54) is 13.0 Å². The normalized spacial score (nSPS) is 13.7. The van der Waals surface area contributed by atoms with Gasteiger partial charge in [-0.1, -0.05) is 39.1 Å². The summed E-state index contributed by atoms with van der Waals surface area (Å²) in [4.78, 5) is 25.3. The zero-order chi connectivity index (χ0) is 28.3. The van der Waals surface area contributed by atoms with Crippen molar-refractivity contribution in [3.05, 3.63) is 52.9 Å². The summed E-state index contributed by atoms with van der Waals surface area (Å²) in [6, 6.07) is 10.7. The Bertz CT molecular complexity index is 987. The van der Waals surface area contributed by atoms with E-state index in [1.54, 1.807) is 36.0 Å². The van der Waals surface area contributed by atoms with Crippen LogP contribution in [-0.2, 0) is 9.59 Å². The lowest BCUT2D eigenvalue weighted by atomic mass is 10.3. The summed E-state index contributed by atoms with van der Waals surface area (Å²) in [5.74, 6) is 1.02. The number of thiol groups is 1. The molecule has 5 N–H and O–H groups in total. The zero-order valence-electron chi connectivity index (χ0n) is 21.1. The summed E-state index contributed by atoms with van der Waals surface area (Å²) in [6.45, 7) is 4.17. The van der Waals surface area contributed by atoms with Crippen LogP contribution in [0.25, 0.3) is 0 Å². The molecule has 6 nitrogen and oxygen atoms in total. The first-order valence-electron chi connectivity index (χ1n) is 12.1. The zero-order valence-corrected chi connectivity index (χ0v) is 26.7. The summed E-state index contributed by atoms with van der Waals surface area (Å²) >= 11 is 25.1. The van der Waals surface area contributed by atoms with E-state index in [9.17, 15) is 9.59 Å². The van der Waals surface area contributed by atoms with Crippen LogP contribution in [0.3, 0.4) is 0 Å². The Morgan fingerprint density at radius 3 is 2.11 bits per heavy atom. The third kappa shape index (κ3) is 16.2. The number of nitrogens with zero attached hydrogens (tertiary/aromatic N) is 1. The first-order valence-corrected chi connectivity index (χ1v) is 15.8. The van der Waals surface area contributed by atoms with Gasteiger partial charge in [-0.05, 0) is 60.8 Å². The molecule has 1 amide bonds. The van der Waals surface area contributed by atoms with E-state index >= 15 is 0 Å². The fourth-order valence-corrected chi connectivity index (χ4v) is 5.20. The molecule has 2 aromatic rings. The average Bonchev–Trinajstić information content (AvgIpc) is 3.61. The molecule has 2 aliphatic rings. The van der Waals surface area contributed by atoms with Crippen molar-refractivity contribution < 1.29 is 9.59 Å². The van der Waals surface area contributed by atoms with Crippen molar-refractivity contribution in [1.82, 2.24) is 10.2 Å². The fourth-order valence-electron chi connectivity index (χ4n) is 3.13. The highest BCUT2D eigenvalue weighted by molar-refractivity contribution is 9.09. The number of halogens is 4. The van der Waals surface area contributed by atoms with Crippen molar-refractivity contribution in [2.75, 3.05) is 48.7 Å². The smallest absolute Gasteiger partial charge is 0.223 e. The van der Waals surface area contributed by atoms with Crippen LogP contribution >= 0.6 is 75.1 Å². The Labute approximate surface area is 259 Å². The van der Waals surface area contributed by atoms with E-state index in [1.807, 2.05) is 17.0 Å². The van der Waals surface area contributed by atoms with Gasteiger partial charge < -0.3 is 16.4 Å². The molecule has 0 spiro atoms. The molecule has 0 radical (unpaired) electrons. The van der Waals surface area contributed by atoms with Crippen molar-refractivity contribution in [1.29, 1.82) is 0 Å². The molecule has 12 heteroatoms. The lowest BCUT2D eigenvalue weighted by molar-refractivity contribution is -0.129. The fraction of sp³-hybridized carbons (Fsp3) is 0.423. The number of rotatable bonds is 6. The number of hydrogen-bond donors (Lipinski definition) is 4. The molecule has 0 aromatic heterocycles. The second-order valence-electron chi connectivity index (χ2n) is 8.15. The van der Waals surface area contributed by atoms with Gasteiger partial charge in [0.25, 0.3) is 0 Å². The number of hydrogen-bond acceptors (Lipinski definition) is 7. The summed E-state index contributed by atoms with van der Waals surface area (Å²) in [6.07, 6.45) is 6.79. The van der Waals surface area contributed by atoms with Crippen LogP contribution in [0.5, 0.6) is 0 Å². The van der Waals surface area contributed by atoms with Crippen molar-refractivity contribution in [2.24, 2.45) is 0 Å². The number of amides is 1. The topological polar surface area (TPSA) is 101 Å². The molecule has 2 fully saturated rings. The van der Waals surface area contributed by atoms with Crippen LogP contribution in [0.4, 0.5) is 11.4 Å². The summed E-state index contributed by atoms with van der Waals surface area (Å²) in [5, 5.41) is 4.83. The predicted octanol–water partition coefficient (Wildman–Crippen LogP) is 6.96. The largest absolute Gasteiger partial charge is 0.398 e. The van der Waals surface area contributed by atoms with Crippen molar-refractivity contribution >= 4 is 97.6 Å². The van der Waals surface area contributed by atoms with Crippen molar-refractivity contribution in [3.63, 3.8) is 0 Å². The van der Waals surface area contributed by atoms with Crippen LogP contribution in [0, 0.1) is 6.42 Å². The SMILES string of the molecule is Nc1cc(Cl)ccc1S.Nc1cc(Cl)ccc1SCCC(=O)N1CCCC1.O=C(Cl)CCBr.[CH+]1CCNC1. The number of alkyl halides is 1. The Hall–Kier alpha value is -0.940. The highest BCUT2D eigenvalue weighted by atomic mass is 79.9. The van der Waals surface area contributed by atoms with Gasteiger partial charge in [-0.2, -0.15) is 0 Å². The third-order valence-corrected chi connectivity index (χ3v) is 7.65. The predicted molar refractivity (Wildman–Crippen MR) is 171 cm³/mol. The third-order valence-electron chi connectivity index (χ3n) is 5.10. The molecule has 2 heterocycles. The van der Waals surface area contributed by atoms with E-state index in [4.69, 9.17) is 46.3 Å². The number of anilines is 2. The monoisotopic (exact) mass is 683 g/mol. The van der Waals surface area contributed by atoms with E-state index in [-0.39, 0.29) is 11.1 Å². The second kappa shape index (κ2) is 20.9. The molecule has 0 aliphatic carbocycles. The minimum atomic E-state index is -0.285. The highest BCUT2D eigenvalue weighted by Gasteiger charge is 2.17. The number of likely N-dealkylation sites (tertiary alicyclic amines) is 1. The van der Waals surface area contributed by atoms with Gasteiger partial charge in [-0.3, -0.25) is 14.9 Å². The van der Waals surface area contributed by atoms with Crippen LogP contribution < -0.4 is 16.8 Å². The highest BCUT2D eigenvalue weighted by Crippen LogP contribution is 2.28. The van der Waals surface area contributed by atoms with Gasteiger partial charge in [0.1, 0.15) is 13.0 Å². The molecule has 38 heavy (non-hydrogen) atoms. The summed E-state index contributed by atoms with van der Waals surface area (Å²) in [5.41, 5.74) is 12.6. The maximum atomic E-state index is 11.8. The van der Waals surface area contributed by atoms with E-state index in [2.05, 4.69) is 40.3 Å². The average molecular weight is 686 g/mol. The molecular weight excluding hydrogens is 651 g/mol. The Morgan fingerprint density at radius 2 is 1.68 bits per heavy atom.